The highest BCUT2D eigenvalue weighted by atomic mass is 35.5. The van der Waals surface area contributed by atoms with Crippen molar-refractivity contribution in [3.05, 3.63) is 0 Å². The summed E-state index contributed by atoms with van der Waals surface area (Å²) in [4.78, 5) is 12.0. The fourth-order valence-electron chi connectivity index (χ4n) is 4.53. The van der Waals surface area contributed by atoms with Gasteiger partial charge in [-0.15, -0.1) is 0 Å². The number of halogens is 1. The molecule has 0 spiro atoms. The lowest BCUT2D eigenvalue weighted by Gasteiger charge is -2.41. The van der Waals surface area contributed by atoms with Crippen molar-refractivity contribution in [1.29, 1.82) is 0 Å². The molecule has 0 heterocycles. The van der Waals surface area contributed by atoms with Crippen LogP contribution in [0.1, 0.15) is 90.4 Å². The lowest BCUT2D eigenvalue weighted by Crippen LogP contribution is -2.35. The topological polar surface area (TPSA) is 17.1 Å². The van der Waals surface area contributed by atoms with Gasteiger partial charge in [0.15, 0.2) is 0 Å². The predicted octanol–water partition coefficient (Wildman–Crippen LogP) is 6.09. The van der Waals surface area contributed by atoms with Gasteiger partial charge in [-0.05, 0) is 55.5 Å². The van der Waals surface area contributed by atoms with Gasteiger partial charge in [-0.25, -0.2) is 0 Å². The summed E-state index contributed by atoms with van der Waals surface area (Å²) < 4.78 is 0. The Kier molecular flexibility index (Phi) is 6.39. The first kappa shape index (κ1) is 16.3. The fourth-order valence-corrected chi connectivity index (χ4v) is 4.81. The second kappa shape index (κ2) is 7.82. The van der Waals surface area contributed by atoms with Crippen molar-refractivity contribution < 1.29 is 4.79 Å². The Labute approximate surface area is 129 Å². The van der Waals surface area contributed by atoms with Gasteiger partial charge in [-0.2, -0.15) is 0 Å². The van der Waals surface area contributed by atoms with Crippen LogP contribution >= 0.6 is 11.6 Å². The van der Waals surface area contributed by atoms with E-state index in [2.05, 4.69) is 6.92 Å². The minimum atomic E-state index is -0.165. The molecule has 0 bridgehead atoms. The quantitative estimate of drug-likeness (QED) is 0.428. The summed E-state index contributed by atoms with van der Waals surface area (Å²) in [6.07, 6.45) is 16.4. The Balaban J connectivity index is 1.86. The van der Waals surface area contributed by atoms with Gasteiger partial charge in [0.05, 0.1) is 0 Å². The van der Waals surface area contributed by atoms with E-state index in [0.29, 0.717) is 0 Å². The van der Waals surface area contributed by atoms with Gasteiger partial charge in [0.2, 0.25) is 5.24 Å². The lowest BCUT2D eigenvalue weighted by atomic mass is 9.64. The second-order valence-corrected chi connectivity index (χ2v) is 7.59. The molecule has 0 saturated heterocycles. The molecule has 0 N–H and O–H groups in total. The molecule has 1 nitrogen and oxygen atoms in total. The van der Waals surface area contributed by atoms with Gasteiger partial charge in [0.25, 0.3) is 0 Å². The van der Waals surface area contributed by atoms with Crippen LogP contribution in [0, 0.1) is 17.3 Å². The Morgan fingerprint density at radius 2 is 1.60 bits per heavy atom. The number of rotatable bonds is 6. The Morgan fingerprint density at radius 1 is 1.00 bits per heavy atom. The van der Waals surface area contributed by atoms with Crippen molar-refractivity contribution in [1.82, 2.24) is 0 Å². The summed E-state index contributed by atoms with van der Waals surface area (Å²) in [5, 5.41) is -0.0457. The zero-order valence-electron chi connectivity index (χ0n) is 13.1. The van der Waals surface area contributed by atoms with Gasteiger partial charge in [0, 0.05) is 5.41 Å². The Hall–Kier alpha value is -0.0400. The van der Waals surface area contributed by atoms with Crippen molar-refractivity contribution in [2.24, 2.45) is 17.3 Å². The maximum Gasteiger partial charge on any atom is 0.227 e. The first-order valence-corrected chi connectivity index (χ1v) is 9.26. The van der Waals surface area contributed by atoms with Crippen LogP contribution in [0.4, 0.5) is 0 Å². The highest BCUT2D eigenvalue weighted by Gasteiger charge is 2.41. The van der Waals surface area contributed by atoms with Gasteiger partial charge in [-0.1, -0.05) is 58.3 Å². The Morgan fingerprint density at radius 3 is 2.15 bits per heavy atom. The summed E-state index contributed by atoms with van der Waals surface area (Å²) in [5.41, 5.74) is -0.165. The van der Waals surface area contributed by atoms with Gasteiger partial charge in [0.1, 0.15) is 0 Å². The molecule has 2 aliphatic carbocycles. The average Bonchev–Trinajstić information content (AvgIpc) is 2.49. The molecule has 2 fully saturated rings. The molecule has 0 aromatic heterocycles. The van der Waals surface area contributed by atoms with Crippen LogP contribution in [0.5, 0.6) is 0 Å². The third-order valence-electron chi connectivity index (χ3n) is 5.98. The molecule has 0 aromatic rings. The lowest BCUT2D eigenvalue weighted by molar-refractivity contribution is -0.123. The summed E-state index contributed by atoms with van der Waals surface area (Å²) in [7, 11) is 0. The van der Waals surface area contributed by atoms with E-state index in [-0.39, 0.29) is 10.7 Å². The summed E-state index contributed by atoms with van der Waals surface area (Å²) in [6.45, 7) is 2.22. The molecule has 0 amide bonds. The summed E-state index contributed by atoms with van der Waals surface area (Å²) >= 11 is 5.99. The molecule has 0 atom stereocenters. The summed E-state index contributed by atoms with van der Waals surface area (Å²) in [5.74, 6) is 1.83. The van der Waals surface area contributed by atoms with Crippen LogP contribution in [0.25, 0.3) is 0 Å². The van der Waals surface area contributed by atoms with Gasteiger partial charge < -0.3 is 0 Å². The van der Waals surface area contributed by atoms with E-state index in [4.69, 9.17) is 11.6 Å². The average molecular weight is 299 g/mol. The van der Waals surface area contributed by atoms with Crippen molar-refractivity contribution in [2.45, 2.75) is 90.4 Å². The van der Waals surface area contributed by atoms with Crippen LogP contribution in [0.15, 0.2) is 0 Å². The molecule has 2 heteroatoms. The molecule has 20 heavy (non-hydrogen) atoms. The standard InChI is InChI=1S/C18H31ClO/c1-2-3-7-12-18(17(19)20)13-10-16(11-14-18)15-8-5-4-6-9-15/h15-16H,2-14H2,1H3. The zero-order chi connectivity index (χ0) is 14.4. The fraction of sp³-hybridized carbons (Fsp3) is 0.944. The van der Waals surface area contributed by atoms with Crippen LogP contribution in [-0.4, -0.2) is 5.24 Å². The van der Waals surface area contributed by atoms with Crippen molar-refractivity contribution >= 4 is 16.8 Å². The monoisotopic (exact) mass is 298 g/mol. The van der Waals surface area contributed by atoms with E-state index < -0.39 is 0 Å². The number of carbonyl (C=O) groups excluding carboxylic acids is 1. The molecular formula is C18H31ClO. The number of unbranched alkanes of at least 4 members (excludes halogenated alkanes) is 2. The zero-order valence-corrected chi connectivity index (χ0v) is 13.9. The largest absolute Gasteiger partial charge is 0.281 e. The van der Waals surface area contributed by atoms with E-state index in [1.54, 1.807) is 0 Å². The Bertz CT molecular complexity index is 299. The van der Waals surface area contributed by atoms with E-state index in [0.717, 1.165) is 31.1 Å². The molecule has 0 aliphatic heterocycles. The third-order valence-corrected chi connectivity index (χ3v) is 6.38. The van der Waals surface area contributed by atoms with E-state index in [1.807, 2.05) is 0 Å². The van der Waals surface area contributed by atoms with Crippen molar-refractivity contribution in [3.8, 4) is 0 Å². The minimum Gasteiger partial charge on any atom is -0.281 e. The SMILES string of the molecule is CCCCCC1(C(=O)Cl)CCC(C2CCCCC2)CC1. The van der Waals surface area contributed by atoms with Crippen LogP contribution < -0.4 is 0 Å². The number of hydrogen-bond donors (Lipinski definition) is 0. The first-order valence-electron chi connectivity index (χ1n) is 8.88. The number of hydrogen-bond acceptors (Lipinski definition) is 1. The molecule has 116 valence electrons. The van der Waals surface area contributed by atoms with E-state index in [9.17, 15) is 4.79 Å². The molecule has 2 rings (SSSR count). The van der Waals surface area contributed by atoms with Crippen molar-refractivity contribution in [2.75, 3.05) is 0 Å². The molecule has 2 aliphatic rings. The molecule has 2 saturated carbocycles. The van der Waals surface area contributed by atoms with Crippen LogP contribution in [0.2, 0.25) is 0 Å². The minimum absolute atomic E-state index is 0.0457. The smallest absolute Gasteiger partial charge is 0.227 e. The normalized spacial score (nSPS) is 32.2. The van der Waals surface area contributed by atoms with Crippen LogP contribution in [-0.2, 0) is 4.79 Å². The summed E-state index contributed by atoms with van der Waals surface area (Å²) in [6, 6.07) is 0. The van der Waals surface area contributed by atoms with E-state index in [1.165, 1.54) is 64.2 Å². The number of carbonyl (C=O) groups is 1. The molecule has 0 radical (unpaired) electrons. The van der Waals surface area contributed by atoms with E-state index >= 15 is 0 Å². The maximum absolute atomic E-state index is 12.0. The molecule has 0 aromatic carbocycles. The third kappa shape index (κ3) is 4.00. The van der Waals surface area contributed by atoms with Crippen molar-refractivity contribution in [3.63, 3.8) is 0 Å². The highest BCUT2D eigenvalue weighted by molar-refractivity contribution is 6.64. The first-order chi connectivity index (χ1) is 9.68. The second-order valence-electron chi connectivity index (χ2n) is 7.25. The van der Waals surface area contributed by atoms with Gasteiger partial charge >= 0.3 is 0 Å². The highest BCUT2D eigenvalue weighted by Crippen LogP contribution is 2.48. The predicted molar refractivity (Wildman–Crippen MR) is 86.0 cm³/mol. The van der Waals surface area contributed by atoms with Crippen LogP contribution in [0.3, 0.4) is 0 Å². The molecular weight excluding hydrogens is 268 g/mol. The molecule has 0 unspecified atom stereocenters. The van der Waals surface area contributed by atoms with Gasteiger partial charge in [-0.3, -0.25) is 4.79 Å². The maximum atomic E-state index is 12.0.